The molecule has 1 aliphatic carbocycles. The SMILES string of the molecule is C[C@H]1CN(c2cc(C#N)cnn2)C[C@@H](C2CC2)O1. The summed E-state index contributed by atoms with van der Waals surface area (Å²) in [6.45, 7) is 3.76. The third-order valence-electron chi connectivity index (χ3n) is 3.53. The van der Waals surface area contributed by atoms with Gasteiger partial charge < -0.3 is 9.64 Å². The van der Waals surface area contributed by atoms with Crippen LogP contribution in [-0.4, -0.2) is 35.5 Å². The minimum atomic E-state index is 0.205. The summed E-state index contributed by atoms with van der Waals surface area (Å²) < 4.78 is 5.96. The molecule has 0 aromatic carbocycles. The molecule has 18 heavy (non-hydrogen) atoms. The standard InChI is InChI=1S/C13H16N4O/c1-9-7-17(8-12(18-9)11-2-3-11)13-4-10(5-14)6-15-16-13/h4,6,9,11-12H,2-3,7-8H2,1H3/t9-,12-/m0/s1. The van der Waals surface area contributed by atoms with E-state index in [2.05, 4.69) is 28.1 Å². The van der Waals surface area contributed by atoms with E-state index in [-0.39, 0.29) is 6.10 Å². The van der Waals surface area contributed by atoms with Crippen LogP contribution >= 0.6 is 0 Å². The van der Waals surface area contributed by atoms with Gasteiger partial charge in [0.1, 0.15) is 6.07 Å². The van der Waals surface area contributed by atoms with Gasteiger partial charge in [0, 0.05) is 19.2 Å². The van der Waals surface area contributed by atoms with E-state index in [1.165, 1.54) is 19.0 Å². The highest BCUT2D eigenvalue weighted by atomic mass is 16.5. The third-order valence-corrected chi connectivity index (χ3v) is 3.53. The molecule has 0 radical (unpaired) electrons. The number of rotatable bonds is 2. The lowest BCUT2D eigenvalue weighted by atomic mass is 10.1. The van der Waals surface area contributed by atoms with Crippen LogP contribution in [0.15, 0.2) is 12.3 Å². The van der Waals surface area contributed by atoms with Crippen LogP contribution in [0.25, 0.3) is 0 Å². The van der Waals surface area contributed by atoms with Gasteiger partial charge in [-0.15, -0.1) is 5.10 Å². The molecule has 1 saturated carbocycles. The van der Waals surface area contributed by atoms with Crippen LogP contribution < -0.4 is 4.90 Å². The van der Waals surface area contributed by atoms with Gasteiger partial charge in [-0.3, -0.25) is 0 Å². The molecule has 2 aliphatic rings. The molecule has 2 fully saturated rings. The molecule has 0 unspecified atom stereocenters. The van der Waals surface area contributed by atoms with Gasteiger partial charge in [-0.1, -0.05) is 0 Å². The average Bonchev–Trinajstić information content (AvgIpc) is 3.22. The molecular formula is C13H16N4O. The fraction of sp³-hybridized carbons (Fsp3) is 0.615. The van der Waals surface area contributed by atoms with E-state index in [9.17, 15) is 0 Å². The van der Waals surface area contributed by atoms with Gasteiger partial charge in [0.15, 0.2) is 5.82 Å². The number of morpholine rings is 1. The zero-order valence-corrected chi connectivity index (χ0v) is 10.4. The van der Waals surface area contributed by atoms with E-state index in [0.29, 0.717) is 17.6 Å². The molecule has 2 atom stereocenters. The van der Waals surface area contributed by atoms with E-state index >= 15 is 0 Å². The third kappa shape index (κ3) is 2.29. The van der Waals surface area contributed by atoms with Crippen LogP contribution in [0.4, 0.5) is 5.82 Å². The van der Waals surface area contributed by atoms with Crippen molar-refractivity contribution < 1.29 is 4.74 Å². The molecule has 94 valence electrons. The van der Waals surface area contributed by atoms with E-state index in [4.69, 9.17) is 10.00 Å². The lowest BCUT2D eigenvalue weighted by Crippen LogP contribution is -2.48. The molecule has 1 aromatic rings. The van der Waals surface area contributed by atoms with Crippen molar-refractivity contribution in [2.45, 2.75) is 32.0 Å². The van der Waals surface area contributed by atoms with Crippen LogP contribution in [0.2, 0.25) is 0 Å². The van der Waals surface area contributed by atoms with Crippen LogP contribution in [0, 0.1) is 17.2 Å². The first-order chi connectivity index (χ1) is 8.76. The van der Waals surface area contributed by atoms with Gasteiger partial charge in [-0.2, -0.15) is 10.4 Å². The summed E-state index contributed by atoms with van der Waals surface area (Å²) in [5.74, 6) is 1.50. The number of nitrogens with zero attached hydrogens (tertiary/aromatic N) is 4. The molecule has 1 saturated heterocycles. The Balaban J connectivity index is 1.79. The topological polar surface area (TPSA) is 62.0 Å². The maximum atomic E-state index is 8.90. The Kier molecular flexibility index (Phi) is 2.88. The molecule has 3 rings (SSSR count). The number of ether oxygens (including phenoxy) is 1. The van der Waals surface area contributed by atoms with Crippen molar-refractivity contribution >= 4 is 5.82 Å². The maximum absolute atomic E-state index is 8.90. The fourth-order valence-corrected chi connectivity index (χ4v) is 2.47. The Morgan fingerprint density at radius 2 is 2.28 bits per heavy atom. The molecule has 0 amide bonds. The van der Waals surface area contributed by atoms with Crippen molar-refractivity contribution in [1.29, 1.82) is 5.26 Å². The van der Waals surface area contributed by atoms with Crippen LogP contribution in [0.5, 0.6) is 0 Å². The summed E-state index contributed by atoms with van der Waals surface area (Å²) in [5.41, 5.74) is 0.558. The molecule has 0 spiro atoms. The van der Waals surface area contributed by atoms with E-state index in [1.54, 1.807) is 6.07 Å². The predicted molar refractivity (Wildman–Crippen MR) is 66.0 cm³/mol. The second-order valence-corrected chi connectivity index (χ2v) is 5.14. The van der Waals surface area contributed by atoms with Crippen LogP contribution in [-0.2, 0) is 4.74 Å². The number of aromatic nitrogens is 2. The Labute approximate surface area is 106 Å². The highest BCUT2D eigenvalue weighted by molar-refractivity contribution is 5.43. The summed E-state index contributed by atoms with van der Waals surface area (Å²) in [4.78, 5) is 2.19. The minimum absolute atomic E-state index is 0.205. The normalized spacial score (nSPS) is 27.9. The predicted octanol–water partition coefficient (Wildman–Crippen LogP) is 1.35. The van der Waals surface area contributed by atoms with Gasteiger partial charge in [0.05, 0.1) is 24.0 Å². The van der Waals surface area contributed by atoms with Crippen molar-refractivity contribution in [1.82, 2.24) is 10.2 Å². The first kappa shape index (κ1) is 11.4. The molecule has 5 nitrogen and oxygen atoms in total. The first-order valence-corrected chi connectivity index (χ1v) is 6.39. The number of hydrogen-bond donors (Lipinski definition) is 0. The highest BCUT2D eigenvalue weighted by Crippen LogP contribution is 2.37. The van der Waals surface area contributed by atoms with E-state index < -0.39 is 0 Å². The van der Waals surface area contributed by atoms with E-state index in [1.807, 2.05) is 0 Å². The Bertz CT molecular complexity index is 480. The van der Waals surface area contributed by atoms with Crippen molar-refractivity contribution in [3.8, 4) is 6.07 Å². The van der Waals surface area contributed by atoms with Crippen molar-refractivity contribution in [3.05, 3.63) is 17.8 Å². The lowest BCUT2D eigenvalue weighted by Gasteiger charge is -2.37. The van der Waals surface area contributed by atoms with Crippen molar-refractivity contribution in [3.63, 3.8) is 0 Å². The second kappa shape index (κ2) is 4.54. The zero-order valence-electron chi connectivity index (χ0n) is 10.4. The van der Waals surface area contributed by atoms with Gasteiger partial charge >= 0.3 is 0 Å². The van der Waals surface area contributed by atoms with Crippen molar-refractivity contribution in [2.24, 2.45) is 5.92 Å². The second-order valence-electron chi connectivity index (χ2n) is 5.14. The summed E-state index contributed by atoms with van der Waals surface area (Å²) in [5, 5.41) is 16.9. The Hall–Kier alpha value is -1.67. The monoisotopic (exact) mass is 244 g/mol. The molecule has 2 heterocycles. The number of hydrogen-bond acceptors (Lipinski definition) is 5. The van der Waals surface area contributed by atoms with E-state index in [0.717, 1.165) is 18.9 Å². The van der Waals surface area contributed by atoms with Gasteiger partial charge in [-0.25, -0.2) is 0 Å². The zero-order chi connectivity index (χ0) is 12.5. The summed E-state index contributed by atoms with van der Waals surface area (Å²) in [6, 6.07) is 3.90. The molecule has 1 aliphatic heterocycles. The first-order valence-electron chi connectivity index (χ1n) is 6.39. The molecule has 0 N–H and O–H groups in total. The highest BCUT2D eigenvalue weighted by Gasteiger charge is 2.37. The summed E-state index contributed by atoms with van der Waals surface area (Å²) in [6.07, 6.45) is 4.55. The van der Waals surface area contributed by atoms with Crippen LogP contribution in [0.1, 0.15) is 25.3 Å². The molecule has 1 aromatic heterocycles. The van der Waals surface area contributed by atoms with Crippen molar-refractivity contribution in [2.75, 3.05) is 18.0 Å². The molecule has 0 bridgehead atoms. The molecular weight excluding hydrogens is 228 g/mol. The Morgan fingerprint density at radius 1 is 1.44 bits per heavy atom. The maximum Gasteiger partial charge on any atom is 0.152 e. The lowest BCUT2D eigenvalue weighted by molar-refractivity contribution is -0.0274. The average molecular weight is 244 g/mol. The van der Waals surface area contributed by atoms with Crippen LogP contribution in [0.3, 0.4) is 0 Å². The smallest absolute Gasteiger partial charge is 0.152 e. The Morgan fingerprint density at radius 3 is 3.00 bits per heavy atom. The number of nitriles is 1. The van der Waals surface area contributed by atoms with Gasteiger partial charge in [0.2, 0.25) is 0 Å². The number of anilines is 1. The fourth-order valence-electron chi connectivity index (χ4n) is 2.47. The molecule has 5 heteroatoms. The van der Waals surface area contributed by atoms with Gasteiger partial charge in [0.25, 0.3) is 0 Å². The van der Waals surface area contributed by atoms with Gasteiger partial charge in [-0.05, 0) is 25.7 Å². The quantitative estimate of drug-likeness (QED) is 0.786. The summed E-state index contributed by atoms with van der Waals surface area (Å²) in [7, 11) is 0. The summed E-state index contributed by atoms with van der Waals surface area (Å²) >= 11 is 0. The largest absolute Gasteiger partial charge is 0.371 e. The minimum Gasteiger partial charge on any atom is -0.371 e.